The molecule has 4 nitrogen and oxygen atoms in total. The lowest BCUT2D eigenvalue weighted by Crippen LogP contribution is -2.23. The average Bonchev–Trinajstić information content (AvgIpc) is 2.53. The van der Waals surface area contributed by atoms with Gasteiger partial charge in [-0.05, 0) is 36.8 Å². The first kappa shape index (κ1) is 14.9. The van der Waals surface area contributed by atoms with Gasteiger partial charge in [0.1, 0.15) is 11.9 Å². The lowest BCUT2D eigenvalue weighted by Gasteiger charge is -2.22. The van der Waals surface area contributed by atoms with Crippen LogP contribution in [-0.4, -0.2) is 25.6 Å². The molecule has 1 heterocycles. The Morgan fingerprint density at radius 3 is 2.29 bits per heavy atom. The van der Waals surface area contributed by atoms with Gasteiger partial charge in [-0.1, -0.05) is 12.1 Å². The van der Waals surface area contributed by atoms with Crippen molar-refractivity contribution in [2.75, 3.05) is 30.4 Å². The molecule has 0 unspecified atom stereocenters. The highest BCUT2D eigenvalue weighted by Crippen LogP contribution is 2.17. The second-order valence-corrected chi connectivity index (χ2v) is 5.09. The quantitative estimate of drug-likeness (QED) is 0.844. The average molecular weight is 280 g/mol. The van der Waals surface area contributed by atoms with Crippen LogP contribution in [0, 0.1) is 11.3 Å². The minimum Gasteiger partial charge on any atom is -0.378 e. The maximum absolute atomic E-state index is 8.82. The maximum Gasteiger partial charge on any atom is 0.128 e. The number of rotatable bonds is 5. The number of benzene rings is 1. The highest BCUT2D eigenvalue weighted by molar-refractivity contribution is 5.47. The predicted molar refractivity (Wildman–Crippen MR) is 86.4 cm³/mol. The topological polar surface area (TPSA) is 43.2 Å². The summed E-state index contributed by atoms with van der Waals surface area (Å²) in [4.78, 5) is 8.63. The fourth-order valence-electron chi connectivity index (χ4n) is 2.11. The van der Waals surface area contributed by atoms with E-state index in [4.69, 9.17) is 5.26 Å². The van der Waals surface area contributed by atoms with Gasteiger partial charge in [-0.3, -0.25) is 0 Å². The van der Waals surface area contributed by atoms with Crippen LogP contribution >= 0.6 is 0 Å². The number of hydrogen-bond acceptors (Lipinski definition) is 4. The van der Waals surface area contributed by atoms with Crippen LogP contribution in [0.2, 0.25) is 0 Å². The van der Waals surface area contributed by atoms with Gasteiger partial charge in [0.2, 0.25) is 0 Å². The molecule has 0 aliphatic carbocycles. The summed E-state index contributed by atoms with van der Waals surface area (Å²) in [5, 5.41) is 8.82. The zero-order valence-corrected chi connectivity index (χ0v) is 12.7. The zero-order chi connectivity index (χ0) is 15.2. The van der Waals surface area contributed by atoms with Crippen molar-refractivity contribution in [2.24, 2.45) is 0 Å². The van der Waals surface area contributed by atoms with Crippen LogP contribution < -0.4 is 9.80 Å². The van der Waals surface area contributed by atoms with Gasteiger partial charge in [0.15, 0.2) is 0 Å². The summed E-state index contributed by atoms with van der Waals surface area (Å²) in [7, 11) is 4.07. The Labute approximate surface area is 126 Å². The van der Waals surface area contributed by atoms with E-state index in [1.807, 2.05) is 20.2 Å². The highest BCUT2D eigenvalue weighted by Gasteiger charge is 2.07. The minimum atomic E-state index is 0.588. The molecule has 2 rings (SSSR count). The second kappa shape index (κ2) is 6.76. The first-order chi connectivity index (χ1) is 10.1. The molecule has 21 heavy (non-hydrogen) atoms. The molecule has 2 aromatic rings. The fraction of sp³-hybridized carbons (Fsp3) is 0.294. The Morgan fingerprint density at radius 1 is 1.10 bits per heavy atom. The van der Waals surface area contributed by atoms with E-state index in [1.165, 1.54) is 11.3 Å². The number of nitriles is 1. The van der Waals surface area contributed by atoms with Crippen LogP contribution in [0.3, 0.4) is 0 Å². The molecule has 0 amide bonds. The number of hydrogen-bond donors (Lipinski definition) is 0. The van der Waals surface area contributed by atoms with Crippen LogP contribution in [0.4, 0.5) is 11.5 Å². The molecule has 0 atom stereocenters. The van der Waals surface area contributed by atoms with Gasteiger partial charge in [-0.15, -0.1) is 0 Å². The Kier molecular flexibility index (Phi) is 4.78. The van der Waals surface area contributed by atoms with Crippen LogP contribution in [0.15, 0.2) is 42.6 Å². The zero-order valence-electron chi connectivity index (χ0n) is 12.7. The van der Waals surface area contributed by atoms with Gasteiger partial charge in [0, 0.05) is 39.1 Å². The van der Waals surface area contributed by atoms with Crippen LogP contribution in [0.5, 0.6) is 0 Å². The van der Waals surface area contributed by atoms with E-state index >= 15 is 0 Å². The molecular formula is C17H20N4. The molecule has 0 fully saturated rings. The molecular weight excluding hydrogens is 260 g/mol. The number of nitrogens with zero attached hydrogens (tertiary/aromatic N) is 4. The Balaban J connectivity index is 2.12. The van der Waals surface area contributed by atoms with E-state index in [1.54, 1.807) is 12.3 Å². The molecule has 0 bridgehead atoms. The molecule has 1 aromatic heterocycles. The summed E-state index contributed by atoms with van der Waals surface area (Å²) < 4.78 is 0. The predicted octanol–water partition coefficient (Wildman–Crippen LogP) is 3.05. The van der Waals surface area contributed by atoms with E-state index in [9.17, 15) is 0 Å². The van der Waals surface area contributed by atoms with E-state index in [0.717, 1.165) is 18.9 Å². The SMILES string of the molecule is CCN(Cc1ccc(N(C)C)cc1)c1ccc(C#N)cn1. The third-order valence-corrected chi connectivity index (χ3v) is 3.41. The normalized spacial score (nSPS) is 10.0. The Hall–Kier alpha value is -2.54. The second-order valence-electron chi connectivity index (χ2n) is 5.09. The number of anilines is 2. The van der Waals surface area contributed by atoms with E-state index in [2.05, 4.69) is 52.0 Å². The van der Waals surface area contributed by atoms with Crippen molar-refractivity contribution in [1.29, 1.82) is 5.26 Å². The van der Waals surface area contributed by atoms with Crippen LogP contribution in [-0.2, 0) is 6.54 Å². The molecule has 4 heteroatoms. The third-order valence-electron chi connectivity index (χ3n) is 3.41. The van der Waals surface area contributed by atoms with Gasteiger partial charge < -0.3 is 9.80 Å². The van der Waals surface area contributed by atoms with E-state index in [0.29, 0.717) is 5.56 Å². The first-order valence-corrected chi connectivity index (χ1v) is 7.01. The van der Waals surface area contributed by atoms with Crippen LogP contribution in [0.25, 0.3) is 0 Å². The summed E-state index contributed by atoms with van der Waals surface area (Å²) >= 11 is 0. The third kappa shape index (κ3) is 3.73. The van der Waals surface area contributed by atoms with Crippen molar-refractivity contribution >= 4 is 11.5 Å². The van der Waals surface area contributed by atoms with Gasteiger partial charge in [-0.2, -0.15) is 5.26 Å². The maximum atomic E-state index is 8.82. The summed E-state index contributed by atoms with van der Waals surface area (Å²) in [6.45, 7) is 3.78. The van der Waals surface area contributed by atoms with Gasteiger partial charge in [-0.25, -0.2) is 4.98 Å². The Morgan fingerprint density at radius 2 is 1.81 bits per heavy atom. The minimum absolute atomic E-state index is 0.588. The first-order valence-electron chi connectivity index (χ1n) is 7.01. The fourth-order valence-corrected chi connectivity index (χ4v) is 2.11. The molecule has 1 aromatic carbocycles. The van der Waals surface area contributed by atoms with Crippen molar-refractivity contribution < 1.29 is 0 Å². The molecule has 0 radical (unpaired) electrons. The molecule has 0 saturated heterocycles. The lowest BCUT2D eigenvalue weighted by atomic mass is 10.2. The molecule has 0 N–H and O–H groups in total. The van der Waals surface area contributed by atoms with Crippen molar-refractivity contribution in [3.63, 3.8) is 0 Å². The summed E-state index contributed by atoms with van der Waals surface area (Å²) in [5.74, 6) is 0.896. The summed E-state index contributed by atoms with van der Waals surface area (Å²) in [6.07, 6.45) is 1.62. The smallest absolute Gasteiger partial charge is 0.128 e. The monoisotopic (exact) mass is 280 g/mol. The van der Waals surface area contributed by atoms with E-state index in [-0.39, 0.29) is 0 Å². The van der Waals surface area contributed by atoms with Crippen molar-refractivity contribution in [2.45, 2.75) is 13.5 Å². The summed E-state index contributed by atoms with van der Waals surface area (Å²) in [5.41, 5.74) is 3.03. The molecule has 108 valence electrons. The van der Waals surface area contributed by atoms with Crippen molar-refractivity contribution in [1.82, 2.24) is 4.98 Å². The molecule has 0 aliphatic heterocycles. The molecule has 0 saturated carbocycles. The lowest BCUT2D eigenvalue weighted by molar-refractivity contribution is 0.813. The number of aromatic nitrogens is 1. The van der Waals surface area contributed by atoms with E-state index < -0.39 is 0 Å². The largest absolute Gasteiger partial charge is 0.378 e. The highest BCUT2D eigenvalue weighted by atomic mass is 15.2. The van der Waals surface area contributed by atoms with Gasteiger partial charge in [0.25, 0.3) is 0 Å². The Bertz CT molecular complexity index is 609. The number of pyridine rings is 1. The van der Waals surface area contributed by atoms with Crippen molar-refractivity contribution in [3.05, 3.63) is 53.7 Å². The van der Waals surface area contributed by atoms with Crippen molar-refractivity contribution in [3.8, 4) is 6.07 Å². The van der Waals surface area contributed by atoms with Gasteiger partial charge >= 0.3 is 0 Å². The molecule has 0 aliphatic rings. The van der Waals surface area contributed by atoms with Crippen LogP contribution in [0.1, 0.15) is 18.1 Å². The summed E-state index contributed by atoms with van der Waals surface area (Å²) in [6, 6.07) is 14.3. The standard InChI is InChI=1S/C17H20N4/c1-4-21(17-10-7-15(11-18)12-19-17)13-14-5-8-16(9-6-14)20(2)3/h5-10,12H,4,13H2,1-3H3. The molecule has 0 spiro atoms. The van der Waals surface area contributed by atoms with Gasteiger partial charge in [0.05, 0.1) is 5.56 Å².